The van der Waals surface area contributed by atoms with Gasteiger partial charge in [0, 0.05) is 12.2 Å². The Balaban J connectivity index is 2.42. The molecule has 0 bridgehead atoms. The van der Waals surface area contributed by atoms with Crippen LogP contribution in [0.4, 0.5) is 8.78 Å². The summed E-state index contributed by atoms with van der Waals surface area (Å²) >= 11 is 0. The lowest BCUT2D eigenvalue weighted by atomic mass is 9.76. The van der Waals surface area contributed by atoms with Gasteiger partial charge in [0.2, 0.25) is 0 Å². The SMILES string of the molecule is CCOC1(C(NC)c2c(F)cccc2F)CCCCC1. The zero-order valence-corrected chi connectivity index (χ0v) is 12.2. The van der Waals surface area contributed by atoms with Crippen molar-refractivity contribution >= 4 is 0 Å². The third-order valence-electron chi connectivity index (χ3n) is 4.23. The van der Waals surface area contributed by atoms with Crippen LogP contribution in [0.3, 0.4) is 0 Å². The molecule has 0 saturated heterocycles. The molecular weight excluding hydrogens is 260 g/mol. The molecule has 1 aromatic carbocycles. The Labute approximate surface area is 119 Å². The van der Waals surface area contributed by atoms with Crippen molar-refractivity contribution in [2.45, 2.75) is 50.7 Å². The van der Waals surface area contributed by atoms with Crippen molar-refractivity contribution in [1.82, 2.24) is 5.32 Å². The summed E-state index contributed by atoms with van der Waals surface area (Å²) in [4.78, 5) is 0. The van der Waals surface area contributed by atoms with Crippen molar-refractivity contribution in [2.75, 3.05) is 13.7 Å². The zero-order chi connectivity index (χ0) is 14.6. The maximum absolute atomic E-state index is 14.1. The molecule has 0 spiro atoms. The van der Waals surface area contributed by atoms with Crippen LogP contribution < -0.4 is 5.32 Å². The monoisotopic (exact) mass is 283 g/mol. The molecule has 1 aliphatic rings. The number of hydrogen-bond acceptors (Lipinski definition) is 2. The molecule has 0 radical (unpaired) electrons. The minimum absolute atomic E-state index is 0.102. The van der Waals surface area contributed by atoms with Crippen LogP contribution in [0.1, 0.15) is 50.6 Å². The molecule has 4 heteroatoms. The van der Waals surface area contributed by atoms with E-state index in [1.54, 1.807) is 7.05 Å². The first-order valence-corrected chi connectivity index (χ1v) is 7.40. The van der Waals surface area contributed by atoms with Gasteiger partial charge in [-0.2, -0.15) is 0 Å². The van der Waals surface area contributed by atoms with Crippen LogP contribution in [-0.4, -0.2) is 19.3 Å². The molecule has 112 valence electrons. The summed E-state index contributed by atoms with van der Waals surface area (Å²) < 4.78 is 34.2. The maximum atomic E-state index is 14.1. The number of rotatable bonds is 5. The maximum Gasteiger partial charge on any atom is 0.131 e. The van der Waals surface area contributed by atoms with E-state index < -0.39 is 23.3 Å². The number of nitrogens with one attached hydrogen (secondary N) is 1. The molecule has 1 saturated carbocycles. The lowest BCUT2D eigenvalue weighted by Gasteiger charge is -2.43. The molecule has 0 aliphatic heterocycles. The molecule has 2 rings (SSSR count). The lowest BCUT2D eigenvalue weighted by Crippen LogP contribution is -2.47. The van der Waals surface area contributed by atoms with Gasteiger partial charge in [-0.05, 0) is 38.9 Å². The van der Waals surface area contributed by atoms with Gasteiger partial charge in [-0.15, -0.1) is 0 Å². The quantitative estimate of drug-likeness (QED) is 0.883. The summed E-state index contributed by atoms with van der Waals surface area (Å²) in [6.45, 7) is 2.48. The van der Waals surface area contributed by atoms with E-state index in [-0.39, 0.29) is 5.56 Å². The summed E-state index contributed by atoms with van der Waals surface area (Å²) in [6, 6.07) is 3.56. The molecule has 1 aromatic rings. The van der Waals surface area contributed by atoms with Gasteiger partial charge in [0.25, 0.3) is 0 Å². The fourth-order valence-corrected chi connectivity index (χ4v) is 3.41. The van der Waals surface area contributed by atoms with Gasteiger partial charge in [0.1, 0.15) is 11.6 Å². The average Bonchev–Trinajstić information content (AvgIpc) is 2.44. The van der Waals surface area contributed by atoms with E-state index in [4.69, 9.17) is 4.74 Å². The van der Waals surface area contributed by atoms with Gasteiger partial charge in [0.05, 0.1) is 11.6 Å². The number of hydrogen-bond donors (Lipinski definition) is 1. The third-order valence-corrected chi connectivity index (χ3v) is 4.23. The summed E-state index contributed by atoms with van der Waals surface area (Å²) in [5, 5.41) is 3.09. The van der Waals surface area contributed by atoms with Crippen molar-refractivity contribution in [3.8, 4) is 0 Å². The zero-order valence-electron chi connectivity index (χ0n) is 12.2. The van der Waals surface area contributed by atoms with Gasteiger partial charge >= 0.3 is 0 Å². The van der Waals surface area contributed by atoms with Crippen molar-refractivity contribution in [2.24, 2.45) is 0 Å². The number of likely N-dealkylation sites (N-methyl/N-ethyl adjacent to an activating group) is 1. The Morgan fingerprint density at radius 1 is 1.20 bits per heavy atom. The highest BCUT2D eigenvalue weighted by atomic mass is 19.1. The summed E-state index contributed by atoms with van der Waals surface area (Å²) in [5.41, 5.74) is -0.407. The van der Waals surface area contributed by atoms with Gasteiger partial charge in [-0.3, -0.25) is 0 Å². The number of halogens is 2. The predicted molar refractivity (Wildman–Crippen MR) is 75.6 cm³/mol. The van der Waals surface area contributed by atoms with E-state index in [1.807, 2.05) is 6.92 Å². The summed E-state index contributed by atoms with van der Waals surface area (Å²) in [6.07, 6.45) is 4.90. The van der Waals surface area contributed by atoms with Gasteiger partial charge in [0.15, 0.2) is 0 Å². The van der Waals surface area contributed by atoms with E-state index in [2.05, 4.69) is 5.32 Å². The molecule has 0 aromatic heterocycles. The first kappa shape index (κ1) is 15.4. The first-order valence-electron chi connectivity index (χ1n) is 7.40. The van der Waals surface area contributed by atoms with E-state index >= 15 is 0 Å². The van der Waals surface area contributed by atoms with Crippen LogP contribution in [0.25, 0.3) is 0 Å². The second-order valence-corrected chi connectivity index (χ2v) is 5.42. The predicted octanol–water partition coefficient (Wildman–Crippen LogP) is 3.96. The Bertz CT molecular complexity index is 418. The standard InChI is InChI=1S/C16H23F2NO/c1-3-20-16(10-5-4-6-11-16)15(19-2)14-12(17)8-7-9-13(14)18/h7-9,15,19H,3-6,10-11H2,1-2H3. The highest BCUT2D eigenvalue weighted by Crippen LogP contribution is 2.42. The third kappa shape index (κ3) is 2.86. The molecule has 0 heterocycles. The van der Waals surface area contributed by atoms with Crippen molar-refractivity contribution < 1.29 is 13.5 Å². The van der Waals surface area contributed by atoms with Gasteiger partial charge in [-0.1, -0.05) is 25.3 Å². The largest absolute Gasteiger partial charge is 0.373 e. The summed E-state index contributed by atoms with van der Waals surface area (Å²) in [5.74, 6) is -1.01. The normalized spacial score (nSPS) is 19.8. The smallest absolute Gasteiger partial charge is 0.131 e. The highest BCUT2D eigenvalue weighted by Gasteiger charge is 2.42. The van der Waals surface area contributed by atoms with E-state index in [0.717, 1.165) is 32.1 Å². The Kier molecular flexibility index (Phi) is 5.11. The second-order valence-electron chi connectivity index (χ2n) is 5.42. The minimum atomic E-state index is -0.509. The molecule has 2 nitrogen and oxygen atoms in total. The average molecular weight is 283 g/mol. The Morgan fingerprint density at radius 2 is 1.80 bits per heavy atom. The molecule has 1 unspecified atom stereocenters. The van der Waals surface area contributed by atoms with E-state index in [0.29, 0.717) is 6.61 Å². The number of benzene rings is 1. The molecule has 20 heavy (non-hydrogen) atoms. The molecule has 1 aliphatic carbocycles. The Morgan fingerprint density at radius 3 is 2.30 bits per heavy atom. The molecule has 1 atom stereocenters. The van der Waals surface area contributed by atoms with Gasteiger partial charge < -0.3 is 10.1 Å². The van der Waals surface area contributed by atoms with E-state index in [1.165, 1.54) is 18.2 Å². The highest BCUT2D eigenvalue weighted by molar-refractivity contribution is 5.26. The van der Waals surface area contributed by atoms with Crippen LogP contribution in [0.15, 0.2) is 18.2 Å². The van der Waals surface area contributed by atoms with Crippen LogP contribution in [0.2, 0.25) is 0 Å². The minimum Gasteiger partial charge on any atom is -0.373 e. The topological polar surface area (TPSA) is 21.3 Å². The molecule has 1 fully saturated rings. The second kappa shape index (κ2) is 6.64. The molecule has 1 N–H and O–H groups in total. The number of ether oxygens (including phenoxy) is 1. The summed E-state index contributed by atoms with van der Waals surface area (Å²) in [7, 11) is 1.74. The lowest BCUT2D eigenvalue weighted by molar-refractivity contribution is -0.0911. The van der Waals surface area contributed by atoms with E-state index in [9.17, 15) is 8.78 Å². The molecule has 0 amide bonds. The van der Waals surface area contributed by atoms with Crippen molar-refractivity contribution in [1.29, 1.82) is 0 Å². The molecular formula is C16H23F2NO. The van der Waals surface area contributed by atoms with Gasteiger partial charge in [-0.25, -0.2) is 8.78 Å². The Hall–Kier alpha value is -1.00. The van der Waals surface area contributed by atoms with Crippen LogP contribution in [0, 0.1) is 11.6 Å². The van der Waals surface area contributed by atoms with Crippen molar-refractivity contribution in [3.63, 3.8) is 0 Å². The van der Waals surface area contributed by atoms with Crippen LogP contribution in [-0.2, 0) is 4.74 Å². The van der Waals surface area contributed by atoms with Crippen LogP contribution >= 0.6 is 0 Å². The van der Waals surface area contributed by atoms with Crippen molar-refractivity contribution in [3.05, 3.63) is 35.4 Å². The first-order chi connectivity index (χ1) is 9.64. The fraction of sp³-hybridized carbons (Fsp3) is 0.625. The van der Waals surface area contributed by atoms with Crippen LogP contribution in [0.5, 0.6) is 0 Å². The fourth-order valence-electron chi connectivity index (χ4n) is 3.41.